The Bertz CT molecular complexity index is 1020. The van der Waals surface area contributed by atoms with Crippen LogP contribution in [0.5, 0.6) is 5.75 Å². The van der Waals surface area contributed by atoms with E-state index in [1.165, 1.54) is 19.3 Å². The summed E-state index contributed by atoms with van der Waals surface area (Å²) in [6.45, 7) is 11.0. The van der Waals surface area contributed by atoms with Crippen molar-refractivity contribution in [2.24, 2.45) is 10.8 Å². The molecule has 0 unspecified atom stereocenters. The summed E-state index contributed by atoms with van der Waals surface area (Å²) in [4.78, 5) is 15.5. The highest BCUT2D eigenvalue weighted by atomic mass is 16.5. The molecule has 0 spiro atoms. The Morgan fingerprint density at radius 2 is 2.07 bits per heavy atom. The van der Waals surface area contributed by atoms with Crippen LogP contribution in [-0.2, 0) is 0 Å². The molecular weight excluding hydrogens is 336 g/mol. The topological polar surface area (TPSA) is 54.0 Å². The fourth-order valence-electron chi connectivity index (χ4n) is 5.84. The van der Waals surface area contributed by atoms with Crippen LogP contribution in [0.2, 0.25) is 0 Å². The molecule has 5 nitrogen and oxygen atoms in total. The maximum atomic E-state index is 5.69. The fraction of sp³-hybridized carbons (Fsp3) is 0.545. The number of ether oxygens (including phenoxy) is 1. The lowest BCUT2D eigenvalue weighted by molar-refractivity contribution is 0.136. The van der Waals surface area contributed by atoms with Crippen LogP contribution in [0, 0.1) is 10.8 Å². The molecule has 3 heterocycles. The van der Waals surface area contributed by atoms with Crippen LogP contribution >= 0.6 is 0 Å². The molecule has 1 aliphatic carbocycles. The molecule has 142 valence electrons. The second kappa shape index (κ2) is 5.60. The first kappa shape index (κ1) is 16.8. The number of aromatic nitrogens is 3. The van der Waals surface area contributed by atoms with E-state index in [-0.39, 0.29) is 0 Å². The Kier molecular flexibility index (Phi) is 3.49. The number of aromatic amines is 1. The van der Waals surface area contributed by atoms with Gasteiger partial charge in [0.05, 0.1) is 6.61 Å². The first-order valence-corrected chi connectivity index (χ1v) is 10.0. The maximum absolute atomic E-state index is 5.69. The van der Waals surface area contributed by atoms with E-state index >= 15 is 0 Å². The van der Waals surface area contributed by atoms with Gasteiger partial charge in [-0.2, -0.15) is 0 Å². The molecule has 2 aliphatic rings. The number of hydrogen-bond acceptors (Lipinski definition) is 4. The summed E-state index contributed by atoms with van der Waals surface area (Å²) < 4.78 is 5.69. The van der Waals surface area contributed by atoms with E-state index in [9.17, 15) is 0 Å². The largest absolute Gasteiger partial charge is 0.494 e. The Balaban J connectivity index is 1.63. The number of hydrogen-bond donors (Lipinski definition) is 1. The van der Waals surface area contributed by atoms with Crippen LogP contribution in [-0.4, -0.2) is 34.1 Å². The Morgan fingerprint density at radius 1 is 1.22 bits per heavy atom. The molecule has 27 heavy (non-hydrogen) atoms. The molecule has 2 bridgehead atoms. The van der Waals surface area contributed by atoms with E-state index in [1.54, 1.807) is 6.33 Å². The van der Waals surface area contributed by atoms with Gasteiger partial charge in [0.2, 0.25) is 0 Å². The van der Waals surface area contributed by atoms with Crippen LogP contribution in [0.3, 0.4) is 0 Å². The zero-order valence-electron chi connectivity index (χ0n) is 16.7. The number of fused-ring (bicyclic) bond motifs is 5. The highest BCUT2D eigenvalue weighted by Gasteiger charge is 2.50. The van der Waals surface area contributed by atoms with Crippen molar-refractivity contribution in [2.45, 2.75) is 53.0 Å². The van der Waals surface area contributed by atoms with Gasteiger partial charge in [-0.3, -0.25) is 0 Å². The highest BCUT2D eigenvalue weighted by molar-refractivity contribution is 6.08. The van der Waals surface area contributed by atoms with Crippen molar-refractivity contribution in [1.29, 1.82) is 0 Å². The van der Waals surface area contributed by atoms with E-state index in [2.05, 4.69) is 47.8 Å². The SMILES string of the molecule is CCOc1ccc2[nH]c3c(N4C[C@]5(C)C[C@@H]4CC(C)(C)C5)ncnc3c2c1. The average Bonchev–Trinajstić information content (AvgIpc) is 3.08. The van der Waals surface area contributed by atoms with Crippen LogP contribution in [0.1, 0.15) is 47.0 Å². The van der Waals surface area contributed by atoms with Gasteiger partial charge in [0.25, 0.3) is 0 Å². The summed E-state index contributed by atoms with van der Waals surface area (Å²) in [5, 5.41) is 1.10. The molecule has 1 saturated heterocycles. The summed E-state index contributed by atoms with van der Waals surface area (Å²) >= 11 is 0. The molecule has 5 rings (SSSR count). The van der Waals surface area contributed by atoms with Crippen molar-refractivity contribution in [2.75, 3.05) is 18.1 Å². The predicted molar refractivity (Wildman–Crippen MR) is 109 cm³/mol. The van der Waals surface area contributed by atoms with Gasteiger partial charge < -0.3 is 14.6 Å². The number of rotatable bonds is 3. The maximum Gasteiger partial charge on any atom is 0.156 e. The molecule has 2 aromatic heterocycles. The smallest absolute Gasteiger partial charge is 0.156 e. The fourth-order valence-corrected chi connectivity index (χ4v) is 5.84. The number of nitrogens with zero attached hydrogens (tertiary/aromatic N) is 3. The summed E-state index contributed by atoms with van der Waals surface area (Å²) in [6, 6.07) is 6.74. The summed E-state index contributed by atoms with van der Waals surface area (Å²) in [5.74, 6) is 1.94. The van der Waals surface area contributed by atoms with Crippen LogP contribution in [0.4, 0.5) is 5.82 Å². The van der Waals surface area contributed by atoms with Gasteiger partial charge in [-0.25, -0.2) is 9.97 Å². The Morgan fingerprint density at radius 3 is 2.89 bits per heavy atom. The van der Waals surface area contributed by atoms with Crippen molar-refractivity contribution in [3.63, 3.8) is 0 Å². The first-order valence-electron chi connectivity index (χ1n) is 10.0. The van der Waals surface area contributed by atoms with Crippen LogP contribution in [0.25, 0.3) is 21.9 Å². The van der Waals surface area contributed by atoms with E-state index in [1.807, 2.05) is 13.0 Å². The summed E-state index contributed by atoms with van der Waals surface area (Å²) in [7, 11) is 0. The average molecular weight is 364 g/mol. The first-order chi connectivity index (χ1) is 12.9. The minimum Gasteiger partial charge on any atom is -0.494 e. The molecule has 0 amide bonds. The zero-order chi connectivity index (χ0) is 18.8. The van der Waals surface area contributed by atoms with Crippen LogP contribution < -0.4 is 9.64 Å². The standard InChI is InChI=1S/C22H28N4O/c1-5-27-15-6-7-17-16(8-15)18-19(25-17)20(24-13-23-18)26-12-22(4)10-14(26)9-21(2,3)11-22/h6-8,13-14,25H,5,9-12H2,1-4H3/t14-,22+/m0/s1. The monoisotopic (exact) mass is 364 g/mol. The van der Waals surface area contributed by atoms with Crippen molar-refractivity contribution in [3.05, 3.63) is 24.5 Å². The number of H-pyrrole nitrogens is 1. The minimum absolute atomic E-state index is 0.373. The van der Waals surface area contributed by atoms with Gasteiger partial charge in [-0.05, 0) is 55.2 Å². The lowest BCUT2D eigenvalue weighted by Crippen LogP contribution is -2.35. The van der Waals surface area contributed by atoms with Gasteiger partial charge in [-0.15, -0.1) is 0 Å². The quantitative estimate of drug-likeness (QED) is 0.717. The van der Waals surface area contributed by atoms with Gasteiger partial charge >= 0.3 is 0 Å². The Labute approximate surface area is 160 Å². The summed E-state index contributed by atoms with van der Waals surface area (Å²) in [6.07, 6.45) is 5.49. The molecule has 1 saturated carbocycles. The lowest BCUT2D eigenvalue weighted by Gasteiger charge is -2.39. The number of anilines is 1. The number of benzene rings is 1. The molecule has 0 radical (unpaired) electrons. The third kappa shape index (κ3) is 2.67. The Hall–Kier alpha value is -2.30. The van der Waals surface area contributed by atoms with Crippen molar-refractivity contribution in [1.82, 2.24) is 15.0 Å². The molecule has 3 aromatic rings. The van der Waals surface area contributed by atoms with Gasteiger partial charge in [0, 0.05) is 23.5 Å². The summed E-state index contributed by atoms with van der Waals surface area (Å²) in [5.41, 5.74) is 3.89. The second-order valence-corrected chi connectivity index (χ2v) is 9.53. The van der Waals surface area contributed by atoms with Gasteiger partial charge in [-0.1, -0.05) is 20.8 Å². The predicted octanol–water partition coefficient (Wildman–Crippen LogP) is 4.91. The molecule has 1 N–H and O–H groups in total. The third-order valence-corrected chi connectivity index (χ3v) is 6.33. The molecule has 1 aromatic carbocycles. The molecular formula is C22H28N4O. The lowest BCUT2D eigenvalue weighted by atomic mass is 9.65. The molecule has 2 atom stereocenters. The van der Waals surface area contributed by atoms with Crippen molar-refractivity contribution in [3.8, 4) is 5.75 Å². The highest BCUT2D eigenvalue weighted by Crippen LogP contribution is 2.53. The zero-order valence-corrected chi connectivity index (χ0v) is 16.7. The van der Waals surface area contributed by atoms with Crippen molar-refractivity contribution < 1.29 is 4.74 Å². The van der Waals surface area contributed by atoms with Gasteiger partial charge in [0.15, 0.2) is 5.82 Å². The normalized spacial score (nSPS) is 26.8. The van der Waals surface area contributed by atoms with Crippen molar-refractivity contribution >= 4 is 27.8 Å². The van der Waals surface area contributed by atoms with E-state index in [4.69, 9.17) is 9.72 Å². The minimum atomic E-state index is 0.373. The number of nitrogens with one attached hydrogen (secondary N) is 1. The van der Waals surface area contributed by atoms with E-state index < -0.39 is 0 Å². The molecule has 5 heteroatoms. The molecule has 2 fully saturated rings. The third-order valence-electron chi connectivity index (χ3n) is 6.33. The molecule has 1 aliphatic heterocycles. The van der Waals surface area contributed by atoms with E-state index in [0.717, 1.165) is 40.0 Å². The second-order valence-electron chi connectivity index (χ2n) is 9.53. The van der Waals surface area contributed by atoms with E-state index in [0.29, 0.717) is 23.5 Å². The van der Waals surface area contributed by atoms with Crippen LogP contribution in [0.15, 0.2) is 24.5 Å². The van der Waals surface area contributed by atoms with Gasteiger partial charge in [0.1, 0.15) is 23.1 Å².